The number of benzene rings is 2. The lowest BCUT2D eigenvalue weighted by molar-refractivity contribution is -0.127. The van der Waals surface area contributed by atoms with E-state index < -0.39 is 17.1 Å². The Morgan fingerprint density at radius 1 is 1.16 bits per heavy atom. The second-order valence-electron chi connectivity index (χ2n) is 7.12. The number of imide groups is 1. The van der Waals surface area contributed by atoms with E-state index in [1.165, 1.54) is 0 Å². The van der Waals surface area contributed by atoms with Gasteiger partial charge in [-0.15, -0.1) is 0 Å². The Balaban J connectivity index is 1.39. The summed E-state index contributed by atoms with van der Waals surface area (Å²) in [6.07, 6.45) is 1.69. The number of nitrogens with zero attached hydrogens (tertiary/aromatic N) is 1. The van der Waals surface area contributed by atoms with E-state index in [-0.39, 0.29) is 24.3 Å². The smallest absolute Gasteiger partial charge is 0.294 e. The van der Waals surface area contributed by atoms with Crippen molar-refractivity contribution in [3.63, 3.8) is 0 Å². The molecule has 1 fully saturated rings. The van der Waals surface area contributed by atoms with Gasteiger partial charge in [-0.25, -0.2) is 0 Å². The highest BCUT2D eigenvalue weighted by Gasteiger charge is 2.36. The van der Waals surface area contributed by atoms with Gasteiger partial charge in [0.2, 0.25) is 12.7 Å². The molecule has 4 rings (SSSR count). The normalized spacial score (nSPS) is 16.4. The third-order valence-electron chi connectivity index (χ3n) is 4.38. The van der Waals surface area contributed by atoms with Gasteiger partial charge in [-0.05, 0) is 61.5 Å². The van der Waals surface area contributed by atoms with Crippen LogP contribution in [0.4, 0.5) is 10.5 Å². The average molecular weight is 440 g/mol. The monoisotopic (exact) mass is 440 g/mol. The van der Waals surface area contributed by atoms with E-state index in [1.807, 2.05) is 13.8 Å². The summed E-state index contributed by atoms with van der Waals surface area (Å²) in [7, 11) is 0. The van der Waals surface area contributed by atoms with Crippen LogP contribution in [0.15, 0.2) is 47.4 Å². The molecule has 9 heteroatoms. The summed E-state index contributed by atoms with van der Waals surface area (Å²) in [4.78, 5) is 38.5. The zero-order valence-electron chi connectivity index (χ0n) is 16.9. The molecule has 0 aromatic heterocycles. The number of rotatable bonds is 6. The summed E-state index contributed by atoms with van der Waals surface area (Å²) in [5.74, 6) is 0.853. The second-order valence-corrected chi connectivity index (χ2v) is 8.11. The molecule has 0 radical (unpaired) electrons. The Morgan fingerprint density at radius 3 is 2.65 bits per heavy atom. The van der Waals surface area contributed by atoms with Crippen LogP contribution in [0.25, 0.3) is 6.08 Å². The lowest BCUT2D eigenvalue weighted by atomic mass is 10.2. The van der Waals surface area contributed by atoms with Crippen LogP contribution in [0, 0.1) is 0 Å². The lowest BCUT2D eigenvalue weighted by Gasteiger charge is -2.12. The summed E-state index contributed by atoms with van der Waals surface area (Å²) in [5.41, 5.74) is 1.24. The molecule has 2 heterocycles. The Kier molecular flexibility index (Phi) is 5.85. The SMILES string of the molecule is CC(C)Oc1ccc(/C=C2\SC(=O)N(CC(=O)Nc3ccc4c(c3)OCO4)C2=O)cc1. The van der Waals surface area contributed by atoms with E-state index in [2.05, 4.69) is 5.32 Å². The van der Waals surface area contributed by atoms with Gasteiger partial charge < -0.3 is 19.5 Å². The Labute approximate surface area is 183 Å². The molecule has 0 spiro atoms. The second kappa shape index (κ2) is 8.73. The Hall–Kier alpha value is -3.46. The van der Waals surface area contributed by atoms with Crippen LogP contribution in [0.5, 0.6) is 17.2 Å². The lowest BCUT2D eigenvalue weighted by Crippen LogP contribution is -2.36. The summed E-state index contributed by atoms with van der Waals surface area (Å²) in [5, 5.41) is 2.17. The number of hydrogen-bond acceptors (Lipinski definition) is 7. The molecule has 1 N–H and O–H groups in total. The summed E-state index contributed by atoms with van der Waals surface area (Å²) < 4.78 is 16.1. The maximum atomic E-state index is 12.6. The van der Waals surface area contributed by atoms with Crippen molar-refractivity contribution in [1.29, 1.82) is 0 Å². The first-order valence-electron chi connectivity index (χ1n) is 9.60. The number of hydrogen-bond donors (Lipinski definition) is 1. The fraction of sp³-hybridized carbons (Fsp3) is 0.227. The van der Waals surface area contributed by atoms with Crippen molar-refractivity contribution in [2.45, 2.75) is 20.0 Å². The Bertz CT molecular complexity index is 1060. The van der Waals surface area contributed by atoms with Crippen molar-refractivity contribution in [2.24, 2.45) is 0 Å². The largest absolute Gasteiger partial charge is 0.491 e. The molecule has 3 amide bonds. The van der Waals surface area contributed by atoms with Crippen molar-refractivity contribution >= 4 is 40.6 Å². The number of ether oxygens (including phenoxy) is 3. The first-order valence-corrected chi connectivity index (χ1v) is 10.4. The van der Waals surface area contributed by atoms with E-state index in [0.29, 0.717) is 17.2 Å². The molecule has 0 bridgehead atoms. The van der Waals surface area contributed by atoms with Crippen LogP contribution >= 0.6 is 11.8 Å². The van der Waals surface area contributed by atoms with Crippen molar-refractivity contribution in [3.05, 3.63) is 52.9 Å². The molecular weight excluding hydrogens is 420 g/mol. The van der Waals surface area contributed by atoms with E-state index >= 15 is 0 Å². The predicted molar refractivity (Wildman–Crippen MR) is 116 cm³/mol. The number of fused-ring (bicyclic) bond motifs is 1. The van der Waals surface area contributed by atoms with Gasteiger partial charge in [0.1, 0.15) is 12.3 Å². The number of carbonyl (C=O) groups is 3. The van der Waals surface area contributed by atoms with Crippen LogP contribution in [-0.2, 0) is 9.59 Å². The zero-order chi connectivity index (χ0) is 22.0. The number of thioether (sulfide) groups is 1. The number of amides is 3. The molecule has 0 saturated carbocycles. The number of nitrogens with one attached hydrogen (secondary N) is 1. The van der Waals surface area contributed by atoms with Gasteiger partial charge in [0.15, 0.2) is 11.5 Å². The fourth-order valence-corrected chi connectivity index (χ4v) is 3.86. The third kappa shape index (κ3) is 4.83. The van der Waals surface area contributed by atoms with Crippen LogP contribution in [0.3, 0.4) is 0 Å². The van der Waals surface area contributed by atoms with Crippen molar-refractivity contribution in [1.82, 2.24) is 4.90 Å². The van der Waals surface area contributed by atoms with Gasteiger partial charge in [0.25, 0.3) is 11.1 Å². The zero-order valence-corrected chi connectivity index (χ0v) is 17.7. The van der Waals surface area contributed by atoms with Crippen molar-refractivity contribution in [3.8, 4) is 17.2 Å². The molecule has 160 valence electrons. The maximum absolute atomic E-state index is 12.6. The number of carbonyl (C=O) groups excluding carboxylic acids is 3. The van der Waals surface area contributed by atoms with Gasteiger partial charge in [-0.1, -0.05) is 12.1 Å². The van der Waals surface area contributed by atoms with E-state index in [4.69, 9.17) is 14.2 Å². The quantitative estimate of drug-likeness (QED) is 0.681. The molecule has 0 unspecified atom stereocenters. The first kappa shape index (κ1) is 20.8. The number of anilines is 1. The molecule has 2 aromatic carbocycles. The first-order chi connectivity index (χ1) is 14.9. The summed E-state index contributed by atoms with van der Waals surface area (Å²) in [6.45, 7) is 3.63. The topological polar surface area (TPSA) is 94.2 Å². The minimum atomic E-state index is -0.502. The molecule has 2 aliphatic heterocycles. The van der Waals surface area contributed by atoms with Gasteiger partial charge >= 0.3 is 0 Å². The molecular formula is C22H20N2O6S. The molecule has 2 aliphatic rings. The van der Waals surface area contributed by atoms with Crippen LogP contribution < -0.4 is 19.5 Å². The summed E-state index contributed by atoms with van der Waals surface area (Å²) >= 11 is 0.807. The third-order valence-corrected chi connectivity index (χ3v) is 5.29. The van der Waals surface area contributed by atoms with Gasteiger partial charge in [-0.2, -0.15) is 0 Å². The van der Waals surface area contributed by atoms with Crippen molar-refractivity contribution < 1.29 is 28.6 Å². The minimum Gasteiger partial charge on any atom is -0.491 e. The maximum Gasteiger partial charge on any atom is 0.294 e. The van der Waals surface area contributed by atoms with E-state index in [0.717, 1.165) is 28.0 Å². The standard InChI is InChI=1S/C22H20N2O6S/c1-13(2)30-16-6-3-14(4-7-16)9-19-21(26)24(22(27)31-19)11-20(25)23-15-5-8-17-18(10-15)29-12-28-17/h3-10,13H,11-12H2,1-2H3,(H,23,25)/b19-9-. The Morgan fingerprint density at radius 2 is 1.90 bits per heavy atom. The molecule has 31 heavy (non-hydrogen) atoms. The van der Waals surface area contributed by atoms with Crippen molar-refractivity contribution in [2.75, 3.05) is 18.7 Å². The molecule has 0 aliphatic carbocycles. The molecule has 1 saturated heterocycles. The van der Waals surface area contributed by atoms with Gasteiger partial charge in [-0.3, -0.25) is 19.3 Å². The average Bonchev–Trinajstić information content (AvgIpc) is 3.29. The van der Waals surface area contributed by atoms with E-state index in [1.54, 1.807) is 48.5 Å². The molecule has 8 nitrogen and oxygen atoms in total. The van der Waals surface area contributed by atoms with Crippen LogP contribution in [0.1, 0.15) is 19.4 Å². The van der Waals surface area contributed by atoms with Crippen LogP contribution in [0.2, 0.25) is 0 Å². The highest BCUT2D eigenvalue weighted by molar-refractivity contribution is 8.18. The molecule has 0 atom stereocenters. The summed E-state index contributed by atoms with van der Waals surface area (Å²) in [6, 6.07) is 12.2. The van der Waals surface area contributed by atoms with Gasteiger partial charge in [0, 0.05) is 11.8 Å². The highest BCUT2D eigenvalue weighted by atomic mass is 32.2. The molecule has 2 aromatic rings. The predicted octanol–water partition coefficient (Wildman–Crippen LogP) is 3.88. The minimum absolute atomic E-state index is 0.0613. The highest BCUT2D eigenvalue weighted by Crippen LogP contribution is 2.35. The fourth-order valence-electron chi connectivity index (χ4n) is 3.02. The van der Waals surface area contributed by atoms with Gasteiger partial charge in [0.05, 0.1) is 11.0 Å². The van der Waals surface area contributed by atoms with Crippen LogP contribution in [-0.4, -0.2) is 41.4 Å². The van der Waals surface area contributed by atoms with E-state index in [9.17, 15) is 14.4 Å².